The molecule has 0 aromatic heterocycles. The van der Waals surface area contributed by atoms with Gasteiger partial charge in [0.25, 0.3) is 10.0 Å². The van der Waals surface area contributed by atoms with E-state index in [1.165, 1.54) is 28.6 Å². The fourth-order valence-electron chi connectivity index (χ4n) is 3.02. The van der Waals surface area contributed by atoms with Gasteiger partial charge in [-0.3, -0.25) is 4.31 Å². The summed E-state index contributed by atoms with van der Waals surface area (Å²) in [5.74, 6) is 0.0903. The van der Waals surface area contributed by atoms with E-state index < -0.39 is 16.0 Å². The largest absolute Gasteiger partial charge is 0.496 e. The number of anilines is 1. The Balaban J connectivity index is 1.74. The third-order valence-electron chi connectivity index (χ3n) is 4.56. The maximum atomic E-state index is 13.0. The van der Waals surface area contributed by atoms with Crippen LogP contribution < -0.4 is 9.04 Å². The lowest BCUT2D eigenvalue weighted by molar-refractivity contribution is 0.0470. The lowest BCUT2D eigenvalue weighted by atomic mass is 10.2. The smallest absolute Gasteiger partial charge is 0.338 e. The van der Waals surface area contributed by atoms with E-state index in [2.05, 4.69) is 0 Å². The van der Waals surface area contributed by atoms with Gasteiger partial charge in [0.15, 0.2) is 0 Å². The normalized spacial score (nSPS) is 11.0. The Kier molecular flexibility index (Phi) is 6.74. The van der Waals surface area contributed by atoms with E-state index in [1.807, 2.05) is 24.3 Å². The van der Waals surface area contributed by atoms with Crippen molar-refractivity contribution in [1.82, 2.24) is 0 Å². The van der Waals surface area contributed by atoms with Gasteiger partial charge in [0, 0.05) is 12.1 Å². The standard InChI is InChI=1S/C23H23NO5S/c1-3-24(20-10-5-4-6-11-20)30(26,27)21-15-13-18(14-16-21)23(25)29-17-19-9-7-8-12-22(19)28-2/h4-16H,3,17H2,1-2H3. The van der Waals surface area contributed by atoms with Crippen molar-refractivity contribution in [1.29, 1.82) is 0 Å². The van der Waals surface area contributed by atoms with Crippen LogP contribution in [0, 0.1) is 0 Å². The van der Waals surface area contributed by atoms with E-state index in [1.54, 1.807) is 44.4 Å². The topological polar surface area (TPSA) is 72.9 Å². The van der Waals surface area contributed by atoms with E-state index >= 15 is 0 Å². The fourth-order valence-corrected chi connectivity index (χ4v) is 4.50. The number of hydrogen-bond donors (Lipinski definition) is 0. The van der Waals surface area contributed by atoms with Crippen LogP contribution in [-0.4, -0.2) is 28.0 Å². The van der Waals surface area contributed by atoms with Crippen LogP contribution in [0.1, 0.15) is 22.8 Å². The summed E-state index contributed by atoms with van der Waals surface area (Å²) in [5, 5.41) is 0. The molecule has 0 radical (unpaired) electrons. The number of ether oxygens (including phenoxy) is 2. The first kappa shape index (κ1) is 21.4. The lowest BCUT2D eigenvalue weighted by Crippen LogP contribution is -2.30. The molecule has 0 aliphatic rings. The molecule has 0 unspecified atom stereocenters. The minimum Gasteiger partial charge on any atom is -0.496 e. The Hall–Kier alpha value is -3.32. The molecule has 3 aromatic carbocycles. The molecule has 0 saturated heterocycles. The molecular formula is C23H23NO5S. The third-order valence-corrected chi connectivity index (χ3v) is 6.48. The summed E-state index contributed by atoms with van der Waals surface area (Å²) in [6, 6.07) is 21.9. The van der Waals surface area contributed by atoms with E-state index in [0.717, 1.165) is 5.56 Å². The molecule has 3 aromatic rings. The second kappa shape index (κ2) is 9.45. The van der Waals surface area contributed by atoms with Gasteiger partial charge in [-0.2, -0.15) is 0 Å². The molecule has 3 rings (SSSR count). The molecule has 0 aliphatic carbocycles. The fraction of sp³-hybridized carbons (Fsp3) is 0.174. The number of nitrogens with zero attached hydrogens (tertiary/aromatic N) is 1. The molecule has 156 valence electrons. The second-order valence-corrected chi connectivity index (χ2v) is 8.28. The Labute approximate surface area is 176 Å². The van der Waals surface area contributed by atoms with Crippen molar-refractivity contribution in [3.05, 3.63) is 90.0 Å². The molecule has 0 N–H and O–H groups in total. The van der Waals surface area contributed by atoms with Gasteiger partial charge >= 0.3 is 5.97 Å². The van der Waals surface area contributed by atoms with Crippen LogP contribution in [0.2, 0.25) is 0 Å². The highest BCUT2D eigenvalue weighted by Gasteiger charge is 2.23. The summed E-state index contributed by atoms with van der Waals surface area (Å²) in [6.07, 6.45) is 0. The van der Waals surface area contributed by atoms with Crippen molar-refractivity contribution in [2.45, 2.75) is 18.4 Å². The van der Waals surface area contributed by atoms with Gasteiger partial charge in [-0.05, 0) is 49.4 Å². The predicted octanol–water partition coefficient (Wildman–Crippen LogP) is 4.27. The van der Waals surface area contributed by atoms with E-state index in [0.29, 0.717) is 11.4 Å². The minimum absolute atomic E-state index is 0.0561. The maximum Gasteiger partial charge on any atom is 0.338 e. The van der Waals surface area contributed by atoms with E-state index in [-0.39, 0.29) is 23.6 Å². The summed E-state index contributed by atoms with van der Waals surface area (Å²) >= 11 is 0. The average Bonchev–Trinajstić information content (AvgIpc) is 2.78. The van der Waals surface area contributed by atoms with Crippen molar-refractivity contribution in [3.63, 3.8) is 0 Å². The number of sulfonamides is 1. The zero-order valence-electron chi connectivity index (χ0n) is 16.8. The Bertz CT molecular complexity index is 1100. The molecule has 0 spiro atoms. The highest BCUT2D eigenvalue weighted by molar-refractivity contribution is 7.92. The molecule has 0 fully saturated rings. The van der Waals surface area contributed by atoms with Gasteiger partial charge in [0.05, 0.1) is 23.3 Å². The highest BCUT2D eigenvalue weighted by atomic mass is 32.2. The Morgan fingerprint density at radius 2 is 1.53 bits per heavy atom. The lowest BCUT2D eigenvalue weighted by Gasteiger charge is -2.22. The SMILES string of the molecule is CCN(c1ccccc1)S(=O)(=O)c1ccc(C(=O)OCc2ccccc2OC)cc1. The monoisotopic (exact) mass is 425 g/mol. The van der Waals surface area contributed by atoms with Crippen LogP contribution >= 0.6 is 0 Å². The van der Waals surface area contributed by atoms with Gasteiger partial charge in [-0.15, -0.1) is 0 Å². The van der Waals surface area contributed by atoms with Crippen molar-refractivity contribution < 1.29 is 22.7 Å². The van der Waals surface area contributed by atoms with Gasteiger partial charge < -0.3 is 9.47 Å². The number of carbonyl (C=O) groups is 1. The molecule has 7 heteroatoms. The van der Waals surface area contributed by atoms with Crippen LogP contribution in [-0.2, 0) is 21.4 Å². The zero-order chi connectivity index (χ0) is 21.6. The average molecular weight is 426 g/mol. The summed E-state index contributed by atoms with van der Waals surface area (Å²) in [4.78, 5) is 12.5. The number of benzene rings is 3. The molecule has 0 atom stereocenters. The van der Waals surface area contributed by atoms with Crippen LogP contribution in [0.5, 0.6) is 5.75 Å². The van der Waals surface area contributed by atoms with Gasteiger partial charge in [-0.1, -0.05) is 36.4 Å². The molecular weight excluding hydrogens is 402 g/mol. The van der Waals surface area contributed by atoms with E-state index in [9.17, 15) is 13.2 Å². The van der Waals surface area contributed by atoms with Crippen LogP contribution in [0.25, 0.3) is 0 Å². The number of para-hydroxylation sites is 2. The zero-order valence-corrected chi connectivity index (χ0v) is 17.6. The van der Waals surface area contributed by atoms with Crippen molar-refractivity contribution >= 4 is 21.7 Å². The molecule has 30 heavy (non-hydrogen) atoms. The maximum absolute atomic E-state index is 13.0. The number of hydrogen-bond acceptors (Lipinski definition) is 5. The predicted molar refractivity (Wildman–Crippen MR) is 115 cm³/mol. The number of esters is 1. The molecule has 0 saturated carbocycles. The van der Waals surface area contributed by atoms with Crippen LogP contribution in [0.3, 0.4) is 0 Å². The Morgan fingerprint density at radius 3 is 2.17 bits per heavy atom. The molecule has 0 bridgehead atoms. The number of rotatable bonds is 8. The molecule has 0 amide bonds. The van der Waals surface area contributed by atoms with Crippen molar-refractivity contribution in [3.8, 4) is 5.75 Å². The number of carbonyl (C=O) groups excluding carboxylic acids is 1. The van der Waals surface area contributed by atoms with Gasteiger partial charge in [-0.25, -0.2) is 13.2 Å². The van der Waals surface area contributed by atoms with Gasteiger partial charge in [0.2, 0.25) is 0 Å². The minimum atomic E-state index is -3.75. The number of methoxy groups -OCH3 is 1. The summed E-state index contributed by atoms with van der Waals surface area (Å²) in [6.45, 7) is 2.11. The Morgan fingerprint density at radius 1 is 0.900 bits per heavy atom. The first-order valence-electron chi connectivity index (χ1n) is 9.44. The van der Waals surface area contributed by atoms with E-state index in [4.69, 9.17) is 9.47 Å². The van der Waals surface area contributed by atoms with Crippen LogP contribution in [0.4, 0.5) is 5.69 Å². The van der Waals surface area contributed by atoms with Crippen LogP contribution in [0.15, 0.2) is 83.8 Å². The third kappa shape index (κ3) is 4.63. The molecule has 0 heterocycles. The summed E-state index contributed by atoms with van der Waals surface area (Å²) in [7, 11) is -2.20. The first-order valence-corrected chi connectivity index (χ1v) is 10.9. The van der Waals surface area contributed by atoms with Gasteiger partial charge in [0.1, 0.15) is 12.4 Å². The molecule has 6 nitrogen and oxygen atoms in total. The summed E-state index contributed by atoms with van der Waals surface area (Å²) < 4.78 is 38.0. The second-order valence-electron chi connectivity index (χ2n) is 6.42. The van der Waals surface area contributed by atoms with Crippen molar-refractivity contribution in [2.24, 2.45) is 0 Å². The summed E-state index contributed by atoms with van der Waals surface area (Å²) in [5.41, 5.74) is 1.60. The highest BCUT2D eigenvalue weighted by Crippen LogP contribution is 2.24. The van der Waals surface area contributed by atoms with Crippen molar-refractivity contribution in [2.75, 3.05) is 18.0 Å². The molecule has 0 aliphatic heterocycles. The quantitative estimate of drug-likeness (QED) is 0.504. The first-order chi connectivity index (χ1) is 14.5.